The lowest BCUT2D eigenvalue weighted by atomic mass is 10.7. The van der Waals surface area contributed by atoms with Gasteiger partial charge in [0.2, 0.25) is 0 Å². The zero-order chi connectivity index (χ0) is 8.85. The summed E-state index contributed by atoms with van der Waals surface area (Å²) in [7, 11) is 0. The number of aromatic nitrogens is 2. The molecular weight excluding hydrogens is 146 g/mol. The van der Waals surface area contributed by atoms with E-state index in [9.17, 15) is 4.79 Å². The summed E-state index contributed by atoms with van der Waals surface area (Å²) in [5.41, 5.74) is 4.94. The minimum absolute atomic E-state index is 0.495. The first kappa shape index (κ1) is 9.35. The van der Waals surface area contributed by atoms with Crippen molar-refractivity contribution in [3.05, 3.63) is 18.2 Å². The predicted molar refractivity (Wildman–Crippen MR) is 39.1 cm³/mol. The van der Waals surface area contributed by atoms with Crippen molar-refractivity contribution in [2.24, 2.45) is 5.73 Å². The Morgan fingerprint density at radius 3 is 2.45 bits per heavy atom. The lowest BCUT2D eigenvalue weighted by Crippen LogP contribution is -2.19. The van der Waals surface area contributed by atoms with Crippen molar-refractivity contribution in [3.63, 3.8) is 0 Å². The summed E-state index contributed by atoms with van der Waals surface area (Å²) in [6.45, 7) is 3.71. The standard InChI is InChI=1S/C5H7N3O.CH2O/c1-4-7-2-3-8(4)5(6)9;1-2/h2-3H,1H3,(H2,6,9);1H2. The van der Waals surface area contributed by atoms with Gasteiger partial charge in [-0.1, -0.05) is 0 Å². The molecule has 60 valence electrons. The molecule has 0 saturated carbocycles. The molecule has 0 unspecified atom stereocenters. The van der Waals surface area contributed by atoms with Crippen LogP contribution in [0.15, 0.2) is 12.4 Å². The monoisotopic (exact) mass is 155 g/mol. The highest BCUT2D eigenvalue weighted by Gasteiger charge is 1.99. The van der Waals surface area contributed by atoms with Crippen molar-refractivity contribution in [2.45, 2.75) is 6.92 Å². The number of aryl methyl sites for hydroxylation is 1. The van der Waals surface area contributed by atoms with E-state index in [1.165, 1.54) is 17.0 Å². The van der Waals surface area contributed by atoms with Gasteiger partial charge in [0.1, 0.15) is 12.6 Å². The van der Waals surface area contributed by atoms with Crippen LogP contribution < -0.4 is 5.73 Å². The van der Waals surface area contributed by atoms with Crippen molar-refractivity contribution in [3.8, 4) is 0 Å². The van der Waals surface area contributed by atoms with Gasteiger partial charge in [-0.2, -0.15) is 0 Å². The number of nitrogens with zero attached hydrogens (tertiary/aromatic N) is 2. The molecule has 1 amide bonds. The molecular formula is C6H9N3O2. The van der Waals surface area contributed by atoms with Gasteiger partial charge in [-0.3, -0.25) is 4.57 Å². The highest BCUT2D eigenvalue weighted by molar-refractivity contribution is 5.75. The molecule has 0 aliphatic carbocycles. The molecule has 2 N–H and O–H groups in total. The van der Waals surface area contributed by atoms with Crippen LogP contribution in [-0.2, 0) is 4.79 Å². The molecule has 5 heteroatoms. The highest BCUT2D eigenvalue weighted by atomic mass is 16.2. The van der Waals surface area contributed by atoms with Crippen molar-refractivity contribution >= 4 is 12.8 Å². The van der Waals surface area contributed by atoms with E-state index in [0.717, 1.165) is 0 Å². The van der Waals surface area contributed by atoms with Gasteiger partial charge >= 0.3 is 6.03 Å². The minimum atomic E-state index is -0.495. The predicted octanol–water partition coefficient (Wildman–Crippen LogP) is -0.0666. The number of primary amides is 1. The topological polar surface area (TPSA) is 78.0 Å². The van der Waals surface area contributed by atoms with E-state index in [0.29, 0.717) is 5.82 Å². The number of imidazole rings is 1. The van der Waals surface area contributed by atoms with Crippen LogP contribution >= 0.6 is 0 Å². The summed E-state index contributed by atoms with van der Waals surface area (Å²) in [5, 5.41) is 0. The van der Waals surface area contributed by atoms with E-state index >= 15 is 0 Å². The lowest BCUT2D eigenvalue weighted by Gasteiger charge is -1.93. The van der Waals surface area contributed by atoms with E-state index < -0.39 is 6.03 Å². The maximum atomic E-state index is 10.4. The molecule has 1 aromatic rings. The first-order valence-electron chi connectivity index (χ1n) is 2.80. The van der Waals surface area contributed by atoms with Gasteiger partial charge in [0.15, 0.2) is 0 Å². The fraction of sp³-hybridized carbons (Fsp3) is 0.167. The Morgan fingerprint density at radius 1 is 1.73 bits per heavy atom. The molecule has 0 aliphatic heterocycles. The second-order valence-electron chi connectivity index (χ2n) is 1.68. The molecule has 0 bridgehead atoms. The minimum Gasteiger partial charge on any atom is -0.351 e. The number of carbonyl (C=O) groups is 2. The van der Waals surface area contributed by atoms with Gasteiger partial charge in [0.25, 0.3) is 0 Å². The van der Waals surface area contributed by atoms with Crippen molar-refractivity contribution in [2.75, 3.05) is 0 Å². The molecule has 0 aliphatic rings. The fourth-order valence-corrected chi connectivity index (χ4v) is 0.611. The van der Waals surface area contributed by atoms with Crippen LogP contribution in [0.1, 0.15) is 5.82 Å². The summed E-state index contributed by atoms with van der Waals surface area (Å²) >= 11 is 0. The number of hydrogen-bond donors (Lipinski definition) is 1. The molecule has 0 spiro atoms. The van der Waals surface area contributed by atoms with Crippen LogP contribution in [0, 0.1) is 6.92 Å². The number of carbonyl (C=O) groups excluding carboxylic acids is 2. The Labute approximate surface area is 63.8 Å². The maximum absolute atomic E-state index is 10.4. The van der Waals surface area contributed by atoms with Crippen molar-refractivity contribution < 1.29 is 9.59 Å². The van der Waals surface area contributed by atoms with Crippen LogP contribution in [0.25, 0.3) is 0 Å². The summed E-state index contributed by atoms with van der Waals surface area (Å²) in [6.07, 6.45) is 3.05. The first-order valence-corrected chi connectivity index (χ1v) is 2.80. The molecule has 1 rings (SSSR count). The largest absolute Gasteiger partial charge is 0.351 e. The second-order valence-corrected chi connectivity index (χ2v) is 1.68. The third kappa shape index (κ3) is 2.21. The van der Waals surface area contributed by atoms with Crippen LogP contribution in [0.2, 0.25) is 0 Å². The van der Waals surface area contributed by atoms with Gasteiger partial charge in [-0.25, -0.2) is 9.78 Å². The maximum Gasteiger partial charge on any atom is 0.324 e. The Balaban J connectivity index is 0.000000461. The lowest BCUT2D eigenvalue weighted by molar-refractivity contribution is -0.0979. The quantitative estimate of drug-likeness (QED) is 0.569. The summed E-state index contributed by atoms with van der Waals surface area (Å²) in [4.78, 5) is 22.2. The molecule has 0 radical (unpaired) electrons. The third-order valence-corrected chi connectivity index (χ3v) is 1.06. The number of nitrogens with two attached hydrogens (primary N) is 1. The highest BCUT2D eigenvalue weighted by Crippen LogP contribution is 1.91. The van der Waals surface area contributed by atoms with E-state index in [4.69, 9.17) is 10.5 Å². The van der Waals surface area contributed by atoms with Gasteiger partial charge < -0.3 is 10.5 Å². The third-order valence-electron chi connectivity index (χ3n) is 1.06. The Hall–Kier alpha value is -1.65. The number of hydrogen-bond acceptors (Lipinski definition) is 3. The van der Waals surface area contributed by atoms with Crippen LogP contribution in [0.5, 0.6) is 0 Å². The molecule has 0 atom stereocenters. The Bertz CT molecular complexity index is 244. The average molecular weight is 155 g/mol. The number of rotatable bonds is 0. The molecule has 5 nitrogen and oxygen atoms in total. The van der Waals surface area contributed by atoms with Gasteiger partial charge in [-0.15, -0.1) is 0 Å². The van der Waals surface area contributed by atoms with Gasteiger partial charge in [-0.05, 0) is 6.92 Å². The smallest absolute Gasteiger partial charge is 0.324 e. The fourth-order valence-electron chi connectivity index (χ4n) is 0.611. The number of amides is 1. The van der Waals surface area contributed by atoms with E-state index in [2.05, 4.69) is 4.98 Å². The van der Waals surface area contributed by atoms with E-state index in [1.807, 2.05) is 6.79 Å². The Kier molecular flexibility index (Phi) is 3.58. The SMILES string of the molecule is C=O.Cc1nccn1C(N)=O. The molecule has 0 fully saturated rings. The van der Waals surface area contributed by atoms with Crippen LogP contribution in [0.4, 0.5) is 4.79 Å². The van der Waals surface area contributed by atoms with Crippen LogP contribution in [-0.4, -0.2) is 22.4 Å². The van der Waals surface area contributed by atoms with E-state index in [1.54, 1.807) is 6.92 Å². The van der Waals surface area contributed by atoms with E-state index in [-0.39, 0.29) is 0 Å². The Morgan fingerprint density at radius 2 is 2.27 bits per heavy atom. The molecule has 1 heterocycles. The summed E-state index contributed by atoms with van der Waals surface area (Å²) < 4.78 is 1.28. The zero-order valence-electron chi connectivity index (χ0n) is 6.15. The van der Waals surface area contributed by atoms with Gasteiger partial charge in [0.05, 0.1) is 0 Å². The molecule has 1 aromatic heterocycles. The molecule has 0 aromatic carbocycles. The van der Waals surface area contributed by atoms with Crippen molar-refractivity contribution in [1.82, 2.24) is 9.55 Å². The van der Waals surface area contributed by atoms with Crippen molar-refractivity contribution in [1.29, 1.82) is 0 Å². The summed E-state index contributed by atoms with van der Waals surface area (Å²) in [5.74, 6) is 0.613. The summed E-state index contributed by atoms with van der Waals surface area (Å²) in [6, 6.07) is -0.495. The first-order chi connectivity index (χ1) is 5.22. The second kappa shape index (κ2) is 4.21. The van der Waals surface area contributed by atoms with Gasteiger partial charge in [0, 0.05) is 12.4 Å². The molecule has 11 heavy (non-hydrogen) atoms. The van der Waals surface area contributed by atoms with Crippen LogP contribution in [0.3, 0.4) is 0 Å². The zero-order valence-corrected chi connectivity index (χ0v) is 6.15. The average Bonchev–Trinajstić information content (AvgIpc) is 2.39. The normalized spacial score (nSPS) is 8.09. The molecule has 0 saturated heterocycles.